The standard InChI is InChI=1S/C16H23N3/c1-3-6-13-16-12-7-5-11-19(10-4-2)15(12)9-8-14(16)18-17-13/h3-4,12,15H,1-2,5-11H2,(H,17,18). The molecular weight excluding hydrogens is 234 g/mol. The molecule has 1 aliphatic heterocycles. The minimum atomic E-state index is 0.658. The lowest BCUT2D eigenvalue weighted by atomic mass is 9.75. The number of piperidine rings is 1. The van der Waals surface area contributed by atoms with E-state index in [0.29, 0.717) is 12.0 Å². The summed E-state index contributed by atoms with van der Waals surface area (Å²) in [5.74, 6) is 0.658. The fourth-order valence-electron chi connectivity index (χ4n) is 3.88. The second-order valence-electron chi connectivity index (χ2n) is 5.69. The fraction of sp³-hybridized carbons (Fsp3) is 0.562. The number of fused-ring (bicyclic) bond motifs is 3. The van der Waals surface area contributed by atoms with Gasteiger partial charge < -0.3 is 0 Å². The van der Waals surface area contributed by atoms with Crippen LogP contribution in [0.5, 0.6) is 0 Å². The first-order valence-electron chi connectivity index (χ1n) is 7.37. The van der Waals surface area contributed by atoms with Gasteiger partial charge in [0.1, 0.15) is 0 Å². The maximum atomic E-state index is 4.53. The number of nitrogens with zero attached hydrogens (tertiary/aromatic N) is 2. The largest absolute Gasteiger partial charge is 0.296 e. The Morgan fingerprint density at radius 1 is 1.32 bits per heavy atom. The van der Waals surface area contributed by atoms with E-state index in [0.717, 1.165) is 19.4 Å². The number of H-pyrrole nitrogens is 1. The smallest absolute Gasteiger partial charge is 0.0661 e. The second kappa shape index (κ2) is 5.33. The molecule has 0 aromatic carbocycles. The van der Waals surface area contributed by atoms with Gasteiger partial charge in [-0.1, -0.05) is 12.2 Å². The summed E-state index contributed by atoms with van der Waals surface area (Å²) < 4.78 is 0. The monoisotopic (exact) mass is 257 g/mol. The molecule has 1 aromatic rings. The molecule has 3 rings (SSSR count). The van der Waals surface area contributed by atoms with E-state index in [9.17, 15) is 0 Å². The third-order valence-corrected chi connectivity index (χ3v) is 4.62. The lowest BCUT2D eigenvalue weighted by Crippen LogP contribution is -2.46. The van der Waals surface area contributed by atoms with E-state index in [2.05, 4.69) is 28.3 Å². The normalized spacial score (nSPS) is 26.5. The Balaban J connectivity index is 1.92. The molecule has 102 valence electrons. The molecule has 0 spiro atoms. The first kappa shape index (κ1) is 12.7. The van der Waals surface area contributed by atoms with Gasteiger partial charge in [-0.2, -0.15) is 5.10 Å². The minimum Gasteiger partial charge on any atom is -0.296 e. The molecule has 1 aromatic heterocycles. The molecule has 2 aliphatic rings. The summed E-state index contributed by atoms with van der Waals surface area (Å²) in [4.78, 5) is 2.61. The van der Waals surface area contributed by atoms with Crippen molar-refractivity contribution in [2.45, 2.75) is 44.1 Å². The van der Waals surface area contributed by atoms with Gasteiger partial charge in [0, 0.05) is 36.2 Å². The van der Waals surface area contributed by atoms with Crippen LogP contribution in [0.3, 0.4) is 0 Å². The van der Waals surface area contributed by atoms with Crippen molar-refractivity contribution in [2.75, 3.05) is 13.1 Å². The number of allylic oxidation sites excluding steroid dienone is 1. The molecule has 2 atom stereocenters. The molecule has 0 bridgehead atoms. The third-order valence-electron chi connectivity index (χ3n) is 4.62. The van der Waals surface area contributed by atoms with Crippen molar-refractivity contribution in [3.63, 3.8) is 0 Å². The number of rotatable bonds is 4. The fourth-order valence-corrected chi connectivity index (χ4v) is 3.88. The van der Waals surface area contributed by atoms with Gasteiger partial charge in [-0.25, -0.2) is 0 Å². The number of likely N-dealkylation sites (tertiary alicyclic amines) is 1. The molecule has 19 heavy (non-hydrogen) atoms. The van der Waals surface area contributed by atoms with Crippen molar-refractivity contribution in [3.8, 4) is 0 Å². The summed E-state index contributed by atoms with van der Waals surface area (Å²) in [5, 5.41) is 7.76. The number of hydrogen-bond acceptors (Lipinski definition) is 2. The maximum absolute atomic E-state index is 4.53. The van der Waals surface area contributed by atoms with Gasteiger partial charge in [0.15, 0.2) is 0 Å². The Hall–Kier alpha value is -1.35. The third kappa shape index (κ3) is 2.16. The Kier molecular flexibility index (Phi) is 3.56. The molecule has 2 unspecified atom stereocenters. The highest BCUT2D eigenvalue weighted by Crippen LogP contribution is 2.41. The van der Waals surface area contributed by atoms with Crippen molar-refractivity contribution in [1.82, 2.24) is 15.1 Å². The number of nitrogens with one attached hydrogen (secondary N) is 1. The lowest BCUT2D eigenvalue weighted by molar-refractivity contribution is 0.126. The molecule has 1 fully saturated rings. The average Bonchev–Trinajstić information content (AvgIpc) is 2.84. The molecule has 3 nitrogen and oxygen atoms in total. The molecule has 1 aliphatic carbocycles. The zero-order valence-electron chi connectivity index (χ0n) is 11.6. The summed E-state index contributed by atoms with van der Waals surface area (Å²) in [5.41, 5.74) is 4.10. The quantitative estimate of drug-likeness (QED) is 0.841. The topological polar surface area (TPSA) is 31.9 Å². The number of aromatic amines is 1. The van der Waals surface area contributed by atoms with Gasteiger partial charge in [0.2, 0.25) is 0 Å². The van der Waals surface area contributed by atoms with Gasteiger partial charge >= 0.3 is 0 Å². The van der Waals surface area contributed by atoms with E-state index >= 15 is 0 Å². The Labute approximate surface area is 115 Å². The SMILES string of the molecule is C=CCc1[nH]nc2c1C1CCCN(CC=C)C1CC2. The summed E-state index contributed by atoms with van der Waals surface area (Å²) >= 11 is 0. The van der Waals surface area contributed by atoms with Crippen molar-refractivity contribution in [3.05, 3.63) is 42.3 Å². The van der Waals surface area contributed by atoms with Crippen LogP contribution in [0, 0.1) is 0 Å². The zero-order valence-corrected chi connectivity index (χ0v) is 11.6. The van der Waals surface area contributed by atoms with E-state index in [1.54, 1.807) is 0 Å². The zero-order chi connectivity index (χ0) is 13.2. The summed E-state index contributed by atoms with van der Waals surface area (Å²) in [6.45, 7) is 10.0. The predicted octanol–water partition coefficient (Wildman–Crippen LogP) is 2.82. The highest BCUT2D eigenvalue weighted by molar-refractivity contribution is 5.35. The van der Waals surface area contributed by atoms with Crippen molar-refractivity contribution < 1.29 is 0 Å². The van der Waals surface area contributed by atoms with Crippen molar-refractivity contribution in [1.29, 1.82) is 0 Å². The van der Waals surface area contributed by atoms with Gasteiger partial charge in [-0.3, -0.25) is 10.00 Å². The van der Waals surface area contributed by atoms with Gasteiger partial charge in [0.05, 0.1) is 5.69 Å². The van der Waals surface area contributed by atoms with Gasteiger partial charge in [-0.15, -0.1) is 13.2 Å². The van der Waals surface area contributed by atoms with Crippen LogP contribution in [0.25, 0.3) is 0 Å². The van der Waals surface area contributed by atoms with Crippen LogP contribution in [0.1, 0.15) is 42.1 Å². The summed E-state index contributed by atoms with van der Waals surface area (Å²) in [6.07, 6.45) is 9.86. The molecule has 0 saturated carbocycles. The number of hydrogen-bond donors (Lipinski definition) is 1. The van der Waals surface area contributed by atoms with Crippen LogP contribution in [-0.4, -0.2) is 34.2 Å². The van der Waals surface area contributed by atoms with E-state index < -0.39 is 0 Å². The molecule has 0 amide bonds. The van der Waals surface area contributed by atoms with E-state index in [1.807, 2.05) is 12.2 Å². The van der Waals surface area contributed by atoms with Crippen LogP contribution in [0.15, 0.2) is 25.3 Å². The number of aromatic nitrogens is 2. The second-order valence-corrected chi connectivity index (χ2v) is 5.69. The molecule has 2 heterocycles. The average molecular weight is 257 g/mol. The van der Waals surface area contributed by atoms with Crippen LogP contribution in [0.4, 0.5) is 0 Å². The molecular formula is C16H23N3. The lowest BCUT2D eigenvalue weighted by Gasteiger charge is -2.43. The van der Waals surface area contributed by atoms with Crippen molar-refractivity contribution in [2.24, 2.45) is 0 Å². The molecule has 3 heteroatoms. The van der Waals surface area contributed by atoms with Crippen LogP contribution >= 0.6 is 0 Å². The van der Waals surface area contributed by atoms with Crippen molar-refractivity contribution >= 4 is 0 Å². The maximum Gasteiger partial charge on any atom is 0.0661 e. The van der Waals surface area contributed by atoms with Gasteiger partial charge in [0.25, 0.3) is 0 Å². The Morgan fingerprint density at radius 2 is 2.21 bits per heavy atom. The van der Waals surface area contributed by atoms with E-state index in [1.165, 1.54) is 42.8 Å². The Morgan fingerprint density at radius 3 is 3.00 bits per heavy atom. The summed E-state index contributed by atoms with van der Waals surface area (Å²) in [7, 11) is 0. The van der Waals surface area contributed by atoms with E-state index in [-0.39, 0.29) is 0 Å². The predicted molar refractivity (Wildman–Crippen MR) is 78.3 cm³/mol. The highest BCUT2D eigenvalue weighted by Gasteiger charge is 2.38. The first-order chi connectivity index (χ1) is 9.35. The molecule has 0 radical (unpaired) electrons. The van der Waals surface area contributed by atoms with E-state index in [4.69, 9.17) is 0 Å². The minimum absolute atomic E-state index is 0.658. The highest BCUT2D eigenvalue weighted by atomic mass is 15.2. The summed E-state index contributed by atoms with van der Waals surface area (Å²) in [6, 6.07) is 0.681. The van der Waals surface area contributed by atoms with Crippen LogP contribution < -0.4 is 0 Å². The molecule has 1 saturated heterocycles. The van der Waals surface area contributed by atoms with Crippen LogP contribution in [-0.2, 0) is 12.8 Å². The van der Waals surface area contributed by atoms with Gasteiger partial charge in [-0.05, 0) is 32.2 Å². The molecule has 1 N–H and O–H groups in total. The first-order valence-corrected chi connectivity index (χ1v) is 7.37. The van der Waals surface area contributed by atoms with Crippen LogP contribution in [0.2, 0.25) is 0 Å². The number of aryl methyl sites for hydroxylation is 1. The Bertz CT molecular complexity index is 474.